The van der Waals surface area contributed by atoms with E-state index in [0.717, 1.165) is 38.5 Å². The molecule has 1 amide bonds. The Kier molecular flexibility index (Phi) is 14.5. The molecule has 2 unspecified atom stereocenters. The summed E-state index contributed by atoms with van der Waals surface area (Å²) in [6.07, 6.45) is 21.5. The van der Waals surface area contributed by atoms with Gasteiger partial charge in [-0.2, -0.15) is 14.4 Å². The first-order chi connectivity index (χ1) is 21.3. The van der Waals surface area contributed by atoms with Crippen molar-refractivity contribution in [3.8, 4) is 12.3 Å². The summed E-state index contributed by atoms with van der Waals surface area (Å²) in [5.41, 5.74) is -1.29. The van der Waals surface area contributed by atoms with Gasteiger partial charge < -0.3 is 20.3 Å². The SMILES string of the molecule is C#CC1(CO)O[C@@H](n2cnc3c(NC(=O)CCCCC)nc(F)nc32)C[C@H]1C(CCCCCCCCCCCCC)C(=O)O. The molecule has 0 saturated carbocycles. The molecule has 1 fully saturated rings. The standard InChI is InChI=1S/C33H50FN5O5/c1-4-7-9-10-11-12-13-14-15-16-18-19-24(31(42)43)25-21-27(44-33(25,6-3)22-40)39-23-35-28-29(37-32(34)38-30(28)39)36-26(41)20-17-8-5-2/h3,23-25,27,40H,4-5,7-22H2,1-2H3,(H,42,43)(H,36,37,38,41)/t24?,25-,27+,33?/m0/s1. The largest absolute Gasteiger partial charge is 0.481 e. The molecule has 44 heavy (non-hydrogen) atoms. The van der Waals surface area contributed by atoms with Gasteiger partial charge in [-0.1, -0.05) is 103 Å². The Bertz CT molecular complexity index is 1250. The first-order valence-corrected chi connectivity index (χ1v) is 16.5. The van der Waals surface area contributed by atoms with Crippen molar-refractivity contribution in [1.29, 1.82) is 0 Å². The number of carbonyl (C=O) groups is 2. The second-order valence-corrected chi connectivity index (χ2v) is 12.0. The Morgan fingerprint density at radius 2 is 1.68 bits per heavy atom. The van der Waals surface area contributed by atoms with Crippen molar-refractivity contribution in [1.82, 2.24) is 19.5 Å². The van der Waals surface area contributed by atoms with E-state index in [4.69, 9.17) is 11.2 Å². The van der Waals surface area contributed by atoms with Gasteiger partial charge in [-0.3, -0.25) is 14.2 Å². The summed E-state index contributed by atoms with van der Waals surface area (Å²) in [6.45, 7) is 3.69. The third-order valence-electron chi connectivity index (χ3n) is 8.77. The number of nitrogens with one attached hydrogen (secondary N) is 1. The van der Waals surface area contributed by atoms with E-state index in [9.17, 15) is 24.2 Å². The number of carboxylic acids is 1. The van der Waals surface area contributed by atoms with Crippen LogP contribution in [0.3, 0.4) is 0 Å². The highest BCUT2D eigenvalue weighted by Crippen LogP contribution is 2.47. The smallest absolute Gasteiger partial charge is 0.312 e. The lowest BCUT2D eigenvalue weighted by Gasteiger charge is -2.31. The second kappa shape index (κ2) is 18.0. The summed E-state index contributed by atoms with van der Waals surface area (Å²) in [7, 11) is 0. The van der Waals surface area contributed by atoms with Crippen LogP contribution in [-0.2, 0) is 14.3 Å². The molecule has 244 valence electrons. The number of fused-ring (bicyclic) bond motifs is 1. The normalized spacial score (nSPS) is 20.5. The number of hydrogen-bond donors (Lipinski definition) is 3. The van der Waals surface area contributed by atoms with E-state index in [1.807, 2.05) is 6.92 Å². The molecule has 3 N–H and O–H groups in total. The lowest BCUT2D eigenvalue weighted by atomic mass is 9.76. The third kappa shape index (κ3) is 9.45. The Morgan fingerprint density at radius 3 is 2.27 bits per heavy atom. The summed E-state index contributed by atoms with van der Waals surface area (Å²) in [5, 5.41) is 23.2. The molecule has 1 aliphatic rings. The monoisotopic (exact) mass is 615 g/mol. The van der Waals surface area contributed by atoms with E-state index in [-0.39, 0.29) is 35.7 Å². The van der Waals surface area contributed by atoms with Crippen molar-refractivity contribution < 1.29 is 28.9 Å². The quantitative estimate of drug-likeness (QED) is 0.0793. The molecule has 0 bridgehead atoms. The summed E-state index contributed by atoms with van der Waals surface area (Å²) in [6, 6.07) is 0. The van der Waals surface area contributed by atoms with Crippen molar-refractivity contribution in [2.45, 2.75) is 135 Å². The van der Waals surface area contributed by atoms with Gasteiger partial charge in [-0.25, -0.2) is 4.98 Å². The van der Waals surface area contributed by atoms with Crippen LogP contribution >= 0.6 is 0 Å². The Hall–Kier alpha value is -3.10. The number of imidazole rings is 1. The van der Waals surface area contributed by atoms with Crippen molar-refractivity contribution in [2.75, 3.05) is 11.9 Å². The Morgan fingerprint density at radius 1 is 1.07 bits per heavy atom. The summed E-state index contributed by atoms with van der Waals surface area (Å²) in [4.78, 5) is 36.8. The fourth-order valence-electron chi connectivity index (χ4n) is 6.23. The highest BCUT2D eigenvalue weighted by atomic mass is 19.1. The number of rotatable bonds is 21. The van der Waals surface area contributed by atoms with Crippen LogP contribution < -0.4 is 5.32 Å². The predicted octanol–water partition coefficient (Wildman–Crippen LogP) is 6.79. The van der Waals surface area contributed by atoms with Crippen LogP contribution in [0.4, 0.5) is 10.2 Å². The van der Waals surface area contributed by atoms with E-state index < -0.39 is 42.3 Å². The molecule has 10 nitrogen and oxygen atoms in total. The number of hydrogen-bond acceptors (Lipinski definition) is 7. The number of ether oxygens (including phenoxy) is 1. The molecule has 0 aromatic carbocycles. The van der Waals surface area contributed by atoms with Crippen molar-refractivity contribution in [2.24, 2.45) is 11.8 Å². The number of aliphatic carboxylic acids is 1. The number of carboxylic acid groups (broad SMARTS) is 1. The maximum atomic E-state index is 14.5. The number of amides is 1. The lowest BCUT2D eigenvalue weighted by molar-refractivity contribution is -0.147. The zero-order valence-electron chi connectivity index (χ0n) is 26.4. The van der Waals surface area contributed by atoms with Crippen LogP contribution in [0.5, 0.6) is 0 Å². The second-order valence-electron chi connectivity index (χ2n) is 12.0. The molecule has 1 aliphatic heterocycles. The fourth-order valence-corrected chi connectivity index (χ4v) is 6.23. The zero-order valence-corrected chi connectivity index (χ0v) is 26.4. The van der Waals surface area contributed by atoms with E-state index >= 15 is 0 Å². The minimum Gasteiger partial charge on any atom is -0.481 e. The van der Waals surface area contributed by atoms with Gasteiger partial charge in [-0.15, -0.1) is 6.42 Å². The van der Waals surface area contributed by atoms with Crippen molar-refractivity contribution in [3.63, 3.8) is 0 Å². The Balaban J connectivity index is 1.67. The zero-order chi connectivity index (χ0) is 32.0. The number of halogens is 1. The summed E-state index contributed by atoms with van der Waals surface area (Å²) in [5.74, 6) is -0.328. The topological polar surface area (TPSA) is 139 Å². The van der Waals surface area contributed by atoms with E-state index in [1.54, 1.807) is 0 Å². The number of aliphatic hydroxyl groups is 1. The third-order valence-corrected chi connectivity index (χ3v) is 8.77. The molecule has 3 heterocycles. The van der Waals surface area contributed by atoms with E-state index in [2.05, 4.69) is 33.1 Å². The van der Waals surface area contributed by atoms with Crippen LogP contribution in [0, 0.1) is 30.3 Å². The number of aromatic nitrogens is 4. The van der Waals surface area contributed by atoms with Gasteiger partial charge in [0.25, 0.3) is 0 Å². The molecule has 2 aromatic heterocycles. The molecule has 1 saturated heterocycles. The summed E-state index contributed by atoms with van der Waals surface area (Å²) >= 11 is 0. The first-order valence-electron chi connectivity index (χ1n) is 16.5. The van der Waals surface area contributed by atoms with Gasteiger partial charge in [0.05, 0.1) is 18.9 Å². The minimum absolute atomic E-state index is 0.0485. The maximum absolute atomic E-state index is 14.5. The molecular formula is C33H50FN5O5. The van der Waals surface area contributed by atoms with Gasteiger partial charge in [0.2, 0.25) is 5.91 Å². The van der Waals surface area contributed by atoms with E-state index in [1.165, 1.54) is 55.8 Å². The van der Waals surface area contributed by atoms with Crippen molar-refractivity contribution in [3.05, 3.63) is 12.4 Å². The highest BCUT2D eigenvalue weighted by molar-refractivity contribution is 5.96. The fraction of sp³-hybridized carbons (Fsp3) is 0.727. The molecule has 4 atom stereocenters. The molecule has 0 aliphatic carbocycles. The van der Waals surface area contributed by atoms with Crippen LogP contribution in [0.1, 0.15) is 129 Å². The molecule has 3 rings (SSSR count). The molecule has 11 heteroatoms. The Labute approximate surface area is 260 Å². The van der Waals surface area contributed by atoms with Crippen LogP contribution in [0.15, 0.2) is 6.33 Å². The van der Waals surface area contributed by atoms with Crippen molar-refractivity contribution >= 4 is 28.9 Å². The lowest BCUT2D eigenvalue weighted by Crippen LogP contribution is -2.43. The molecule has 0 spiro atoms. The average Bonchev–Trinajstić information content (AvgIpc) is 3.59. The highest BCUT2D eigenvalue weighted by Gasteiger charge is 2.53. The number of terminal acetylenes is 1. The van der Waals surface area contributed by atoms with Gasteiger partial charge in [0.15, 0.2) is 22.6 Å². The van der Waals surface area contributed by atoms with Crippen LogP contribution in [0.25, 0.3) is 11.2 Å². The van der Waals surface area contributed by atoms with Crippen LogP contribution in [0.2, 0.25) is 0 Å². The number of carbonyl (C=O) groups excluding carboxylic acids is 1. The number of anilines is 1. The van der Waals surface area contributed by atoms with Gasteiger partial charge in [-0.05, 0) is 12.8 Å². The maximum Gasteiger partial charge on any atom is 0.312 e. The predicted molar refractivity (Wildman–Crippen MR) is 167 cm³/mol. The van der Waals surface area contributed by atoms with Gasteiger partial charge >= 0.3 is 12.0 Å². The molecule has 2 aromatic rings. The molecule has 0 radical (unpaired) electrons. The average molecular weight is 616 g/mol. The van der Waals surface area contributed by atoms with E-state index in [0.29, 0.717) is 12.8 Å². The summed E-state index contributed by atoms with van der Waals surface area (Å²) < 4.78 is 22.2. The number of unbranched alkanes of at least 4 members (excludes halogenated alkanes) is 12. The van der Waals surface area contributed by atoms with Crippen LogP contribution in [-0.4, -0.2) is 53.8 Å². The first kappa shape index (κ1) is 35.4. The minimum atomic E-state index is -1.54. The number of nitrogens with zero attached hydrogens (tertiary/aromatic N) is 4. The van der Waals surface area contributed by atoms with Gasteiger partial charge in [0.1, 0.15) is 6.23 Å². The number of aliphatic hydroxyl groups excluding tert-OH is 1. The molecular weight excluding hydrogens is 565 g/mol. The van der Waals surface area contributed by atoms with Gasteiger partial charge in [0, 0.05) is 18.8 Å².